The Morgan fingerprint density at radius 1 is 1.12 bits per heavy atom. The Balaban J connectivity index is 1.90. The van der Waals surface area contributed by atoms with E-state index < -0.39 is 0 Å². The van der Waals surface area contributed by atoms with Crippen molar-refractivity contribution in [1.29, 1.82) is 0 Å². The molecule has 0 fully saturated rings. The number of benzene rings is 2. The lowest BCUT2D eigenvalue weighted by molar-refractivity contribution is -0.121. The van der Waals surface area contributed by atoms with E-state index in [2.05, 4.69) is 5.32 Å². The van der Waals surface area contributed by atoms with E-state index in [0.29, 0.717) is 23.8 Å². The number of hydrogen-bond acceptors (Lipinski definition) is 2. The second-order valence-electron chi connectivity index (χ2n) is 5.67. The zero-order valence-electron chi connectivity index (χ0n) is 13.9. The van der Waals surface area contributed by atoms with E-state index in [4.69, 9.17) is 11.6 Å². The number of carbonyl (C=O) groups is 2. The molecule has 2 amide bonds. The van der Waals surface area contributed by atoms with Crippen molar-refractivity contribution in [1.82, 2.24) is 5.32 Å². The first kappa shape index (κ1) is 18.0. The number of anilines is 1. The van der Waals surface area contributed by atoms with Gasteiger partial charge < -0.3 is 10.2 Å². The van der Waals surface area contributed by atoms with Crippen LogP contribution in [0, 0.1) is 6.92 Å². The molecule has 0 heterocycles. The third kappa shape index (κ3) is 5.39. The topological polar surface area (TPSA) is 49.4 Å². The molecule has 4 nitrogen and oxygen atoms in total. The first-order valence-electron chi connectivity index (χ1n) is 7.81. The van der Waals surface area contributed by atoms with Gasteiger partial charge in [0.25, 0.3) is 0 Å². The van der Waals surface area contributed by atoms with Gasteiger partial charge in [-0.2, -0.15) is 0 Å². The number of aryl methyl sites for hydroxylation is 1. The molecule has 2 rings (SSSR count). The van der Waals surface area contributed by atoms with Crippen LogP contribution in [-0.2, 0) is 16.1 Å². The Kier molecular flexibility index (Phi) is 6.38. The molecule has 0 atom stereocenters. The fraction of sp³-hybridized carbons (Fsp3) is 0.263. The zero-order chi connectivity index (χ0) is 17.5. The normalized spacial score (nSPS) is 10.3. The van der Waals surface area contributed by atoms with Gasteiger partial charge in [-0.1, -0.05) is 47.5 Å². The van der Waals surface area contributed by atoms with Crippen LogP contribution in [0.15, 0.2) is 48.5 Å². The molecule has 0 aliphatic rings. The predicted molar refractivity (Wildman–Crippen MR) is 97.1 cm³/mol. The molecule has 0 saturated carbocycles. The Morgan fingerprint density at radius 2 is 1.88 bits per heavy atom. The monoisotopic (exact) mass is 344 g/mol. The number of hydrogen-bond donors (Lipinski definition) is 1. The molecule has 0 aliphatic carbocycles. The highest BCUT2D eigenvalue weighted by atomic mass is 35.5. The van der Waals surface area contributed by atoms with Crippen molar-refractivity contribution in [3.63, 3.8) is 0 Å². The summed E-state index contributed by atoms with van der Waals surface area (Å²) < 4.78 is 0. The molecule has 0 saturated heterocycles. The Bertz CT molecular complexity index is 731. The summed E-state index contributed by atoms with van der Waals surface area (Å²) in [5, 5.41) is 3.44. The number of rotatable bonds is 6. The molecule has 2 aromatic carbocycles. The minimum Gasteiger partial charge on any atom is -0.352 e. The largest absolute Gasteiger partial charge is 0.352 e. The van der Waals surface area contributed by atoms with Gasteiger partial charge in [-0.05, 0) is 30.7 Å². The van der Waals surface area contributed by atoms with Crippen molar-refractivity contribution < 1.29 is 9.59 Å². The van der Waals surface area contributed by atoms with E-state index in [9.17, 15) is 9.59 Å². The minimum absolute atomic E-state index is 0.0928. The standard InChI is InChI=1S/C19H21ClN2O2/c1-14-5-3-6-16(11-14)13-21-19(24)9-10-22(15(2)23)18-8-4-7-17(20)12-18/h3-8,11-12H,9-10,13H2,1-2H3,(H,21,24). The van der Waals surface area contributed by atoms with Crippen molar-refractivity contribution >= 4 is 29.1 Å². The number of nitrogens with one attached hydrogen (secondary N) is 1. The third-order valence-corrected chi connectivity index (χ3v) is 3.87. The zero-order valence-corrected chi connectivity index (χ0v) is 14.6. The Hall–Kier alpha value is -2.33. The van der Waals surface area contributed by atoms with E-state index >= 15 is 0 Å². The van der Waals surface area contributed by atoms with Crippen molar-refractivity contribution in [3.8, 4) is 0 Å². The minimum atomic E-state index is -0.122. The molecule has 0 unspecified atom stereocenters. The van der Waals surface area contributed by atoms with Crippen LogP contribution in [0.3, 0.4) is 0 Å². The lowest BCUT2D eigenvalue weighted by atomic mass is 10.1. The van der Waals surface area contributed by atoms with Gasteiger partial charge in [0.15, 0.2) is 0 Å². The first-order chi connectivity index (χ1) is 11.5. The van der Waals surface area contributed by atoms with Crippen molar-refractivity contribution in [3.05, 3.63) is 64.7 Å². The second-order valence-corrected chi connectivity index (χ2v) is 6.10. The van der Waals surface area contributed by atoms with E-state index in [1.165, 1.54) is 6.92 Å². The maximum absolute atomic E-state index is 12.1. The summed E-state index contributed by atoms with van der Waals surface area (Å²) in [6, 6.07) is 15.0. The number of nitrogens with zero attached hydrogens (tertiary/aromatic N) is 1. The molecule has 126 valence electrons. The molecule has 1 N–H and O–H groups in total. The van der Waals surface area contributed by atoms with Gasteiger partial charge in [0.05, 0.1) is 0 Å². The fourth-order valence-corrected chi connectivity index (χ4v) is 2.62. The van der Waals surface area contributed by atoms with Gasteiger partial charge in [-0.25, -0.2) is 0 Å². The maximum Gasteiger partial charge on any atom is 0.223 e. The molecule has 5 heteroatoms. The summed E-state index contributed by atoms with van der Waals surface area (Å²) in [7, 11) is 0. The van der Waals surface area contributed by atoms with E-state index in [-0.39, 0.29) is 18.2 Å². The van der Waals surface area contributed by atoms with Crippen LogP contribution >= 0.6 is 11.6 Å². The van der Waals surface area contributed by atoms with Crippen LogP contribution in [0.25, 0.3) is 0 Å². The van der Waals surface area contributed by atoms with Gasteiger partial charge in [-0.15, -0.1) is 0 Å². The molecule has 0 spiro atoms. The fourth-order valence-electron chi connectivity index (χ4n) is 2.44. The van der Waals surface area contributed by atoms with Gasteiger partial charge in [0.1, 0.15) is 0 Å². The highest BCUT2D eigenvalue weighted by Crippen LogP contribution is 2.19. The van der Waals surface area contributed by atoms with E-state index in [1.807, 2.05) is 31.2 Å². The Morgan fingerprint density at radius 3 is 2.54 bits per heavy atom. The van der Waals surface area contributed by atoms with Gasteiger partial charge >= 0.3 is 0 Å². The lowest BCUT2D eigenvalue weighted by Gasteiger charge is -2.21. The van der Waals surface area contributed by atoms with Crippen molar-refractivity contribution in [2.24, 2.45) is 0 Å². The van der Waals surface area contributed by atoms with Crippen molar-refractivity contribution in [2.45, 2.75) is 26.8 Å². The molecule has 24 heavy (non-hydrogen) atoms. The molecule has 2 aromatic rings. The first-order valence-corrected chi connectivity index (χ1v) is 8.19. The smallest absolute Gasteiger partial charge is 0.223 e. The predicted octanol–water partition coefficient (Wildman–Crippen LogP) is 3.71. The van der Waals surface area contributed by atoms with Crippen molar-refractivity contribution in [2.75, 3.05) is 11.4 Å². The molecular formula is C19H21ClN2O2. The van der Waals surface area contributed by atoms with E-state index in [1.54, 1.807) is 29.2 Å². The van der Waals surface area contributed by atoms with Crippen LogP contribution in [0.1, 0.15) is 24.5 Å². The van der Waals surface area contributed by atoms with Gasteiger partial charge in [0.2, 0.25) is 11.8 Å². The summed E-state index contributed by atoms with van der Waals surface area (Å²) in [4.78, 5) is 25.4. The van der Waals surface area contributed by atoms with Gasteiger partial charge in [-0.3, -0.25) is 9.59 Å². The van der Waals surface area contributed by atoms with Crippen LogP contribution < -0.4 is 10.2 Å². The number of halogens is 1. The second kappa shape index (κ2) is 8.50. The van der Waals surface area contributed by atoms with Crippen LogP contribution in [0.4, 0.5) is 5.69 Å². The third-order valence-electron chi connectivity index (χ3n) is 3.63. The average Bonchev–Trinajstić information content (AvgIpc) is 2.53. The molecule has 0 aromatic heterocycles. The average molecular weight is 345 g/mol. The quantitative estimate of drug-likeness (QED) is 0.868. The number of amides is 2. The highest BCUT2D eigenvalue weighted by molar-refractivity contribution is 6.30. The van der Waals surface area contributed by atoms with Crippen LogP contribution in [-0.4, -0.2) is 18.4 Å². The van der Waals surface area contributed by atoms with E-state index in [0.717, 1.165) is 11.1 Å². The summed E-state index contributed by atoms with van der Waals surface area (Å²) in [6.45, 7) is 4.29. The Labute approximate surface area is 147 Å². The molecule has 0 aliphatic heterocycles. The summed E-state index contributed by atoms with van der Waals surface area (Å²) in [6.07, 6.45) is 0.234. The molecular weight excluding hydrogens is 324 g/mol. The lowest BCUT2D eigenvalue weighted by Crippen LogP contribution is -2.33. The SMILES string of the molecule is CC(=O)N(CCC(=O)NCc1cccc(C)c1)c1cccc(Cl)c1. The molecule has 0 radical (unpaired) electrons. The van der Waals surface area contributed by atoms with Crippen LogP contribution in [0.5, 0.6) is 0 Å². The van der Waals surface area contributed by atoms with Crippen LogP contribution in [0.2, 0.25) is 5.02 Å². The maximum atomic E-state index is 12.1. The molecule has 0 bridgehead atoms. The summed E-state index contributed by atoms with van der Waals surface area (Å²) in [5.41, 5.74) is 2.91. The summed E-state index contributed by atoms with van der Waals surface area (Å²) in [5.74, 6) is -0.214. The number of carbonyl (C=O) groups excluding carboxylic acids is 2. The highest BCUT2D eigenvalue weighted by Gasteiger charge is 2.13. The summed E-state index contributed by atoms with van der Waals surface area (Å²) >= 11 is 5.97. The van der Waals surface area contributed by atoms with Gasteiger partial charge in [0, 0.05) is 37.1 Å².